The number of rotatable bonds is 8. The highest BCUT2D eigenvalue weighted by Crippen LogP contribution is 2.45. The molecule has 4 nitrogen and oxygen atoms in total. The van der Waals surface area contributed by atoms with Gasteiger partial charge in [-0.1, -0.05) is 19.9 Å². The topological polar surface area (TPSA) is 44.8 Å². The SMILES string of the molecule is CCC(=O)Oc1cccc(OC)c1COc1cc(F)c(CC)cc1C1CC1. The van der Waals surface area contributed by atoms with Crippen molar-refractivity contribution >= 4 is 5.97 Å². The Morgan fingerprint density at radius 3 is 2.52 bits per heavy atom. The zero-order valence-corrected chi connectivity index (χ0v) is 16.0. The molecule has 0 radical (unpaired) electrons. The monoisotopic (exact) mass is 372 g/mol. The summed E-state index contributed by atoms with van der Waals surface area (Å²) in [6.07, 6.45) is 3.11. The molecule has 1 saturated carbocycles. The number of aryl methyl sites for hydroxylation is 1. The maximum atomic E-state index is 14.3. The first-order valence-corrected chi connectivity index (χ1v) is 9.39. The Bertz CT molecular complexity index is 827. The molecule has 0 saturated heterocycles. The lowest BCUT2D eigenvalue weighted by Gasteiger charge is -2.17. The molecule has 1 fully saturated rings. The Labute approximate surface area is 159 Å². The van der Waals surface area contributed by atoms with Gasteiger partial charge in [-0.15, -0.1) is 0 Å². The lowest BCUT2D eigenvalue weighted by molar-refractivity contribution is -0.134. The second-order valence-corrected chi connectivity index (χ2v) is 6.66. The van der Waals surface area contributed by atoms with Crippen LogP contribution in [0.3, 0.4) is 0 Å². The first-order chi connectivity index (χ1) is 13.1. The number of hydrogen-bond acceptors (Lipinski definition) is 4. The highest BCUT2D eigenvalue weighted by Gasteiger charge is 2.28. The van der Waals surface area contributed by atoms with E-state index in [1.165, 1.54) is 6.07 Å². The van der Waals surface area contributed by atoms with E-state index in [1.807, 2.05) is 13.0 Å². The van der Waals surface area contributed by atoms with Gasteiger partial charge in [0.15, 0.2) is 0 Å². The molecule has 0 aliphatic heterocycles. The van der Waals surface area contributed by atoms with E-state index in [1.54, 1.807) is 32.2 Å². The number of ether oxygens (including phenoxy) is 3. The molecule has 5 heteroatoms. The number of esters is 1. The lowest BCUT2D eigenvalue weighted by Crippen LogP contribution is -2.10. The van der Waals surface area contributed by atoms with Crippen LogP contribution in [-0.4, -0.2) is 13.1 Å². The minimum atomic E-state index is -0.332. The number of carbonyl (C=O) groups is 1. The molecule has 27 heavy (non-hydrogen) atoms. The van der Waals surface area contributed by atoms with E-state index >= 15 is 0 Å². The summed E-state index contributed by atoms with van der Waals surface area (Å²) in [4.78, 5) is 11.7. The van der Waals surface area contributed by atoms with Gasteiger partial charge in [0.2, 0.25) is 0 Å². The van der Waals surface area contributed by atoms with Crippen molar-refractivity contribution in [2.75, 3.05) is 7.11 Å². The van der Waals surface area contributed by atoms with Crippen molar-refractivity contribution in [1.29, 1.82) is 0 Å². The van der Waals surface area contributed by atoms with Crippen molar-refractivity contribution in [3.05, 3.63) is 52.8 Å². The first kappa shape index (κ1) is 19.2. The third-order valence-corrected chi connectivity index (χ3v) is 4.77. The number of benzene rings is 2. The van der Waals surface area contributed by atoms with E-state index in [0.717, 1.165) is 18.4 Å². The maximum absolute atomic E-state index is 14.3. The molecule has 144 valence electrons. The number of halogens is 1. The number of hydrogen-bond donors (Lipinski definition) is 0. The fourth-order valence-electron chi connectivity index (χ4n) is 3.05. The molecular weight excluding hydrogens is 347 g/mol. The predicted octanol–water partition coefficient (Wildman–Crippen LogP) is 5.17. The van der Waals surface area contributed by atoms with Gasteiger partial charge in [-0.25, -0.2) is 4.39 Å². The van der Waals surface area contributed by atoms with Gasteiger partial charge in [-0.2, -0.15) is 0 Å². The smallest absolute Gasteiger partial charge is 0.310 e. The van der Waals surface area contributed by atoms with Crippen LogP contribution < -0.4 is 14.2 Å². The summed E-state index contributed by atoms with van der Waals surface area (Å²) in [7, 11) is 1.55. The van der Waals surface area contributed by atoms with Crippen LogP contribution in [0.4, 0.5) is 4.39 Å². The van der Waals surface area contributed by atoms with Gasteiger partial charge in [0.1, 0.15) is 29.7 Å². The van der Waals surface area contributed by atoms with Gasteiger partial charge in [0.05, 0.1) is 12.7 Å². The van der Waals surface area contributed by atoms with Crippen LogP contribution in [0.5, 0.6) is 17.2 Å². The van der Waals surface area contributed by atoms with Crippen molar-refractivity contribution in [3.8, 4) is 17.2 Å². The van der Waals surface area contributed by atoms with Crippen LogP contribution >= 0.6 is 0 Å². The third-order valence-electron chi connectivity index (χ3n) is 4.77. The van der Waals surface area contributed by atoms with Gasteiger partial charge in [-0.05, 0) is 54.5 Å². The molecule has 0 heterocycles. The van der Waals surface area contributed by atoms with E-state index in [-0.39, 0.29) is 24.8 Å². The minimum absolute atomic E-state index is 0.126. The van der Waals surface area contributed by atoms with Crippen molar-refractivity contribution in [2.24, 2.45) is 0 Å². The van der Waals surface area contributed by atoms with Crippen LogP contribution in [0.2, 0.25) is 0 Å². The van der Waals surface area contributed by atoms with E-state index in [9.17, 15) is 9.18 Å². The summed E-state index contributed by atoms with van der Waals surface area (Å²) in [5.41, 5.74) is 2.39. The molecule has 0 N–H and O–H groups in total. The standard InChI is InChI=1S/C22H25FO4/c1-4-14-11-16(15-9-10-15)21(12-18(14)23)26-13-17-19(25-3)7-6-8-20(17)27-22(24)5-2/h6-8,11-12,15H,4-5,9-10,13H2,1-3H3. The zero-order valence-electron chi connectivity index (χ0n) is 16.0. The minimum Gasteiger partial charge on any atom is -0.496 e. The van der Waals surface area contributed by atoms with Gasteiger partial charge in [0.25, 0.3) is 0 Å². The molecule has 0 bridgehead atoms. The van der Waals surface area contributed by atoms with E-state index in [2.05, 4.69) is 0 Å². The molecule has 0 spiro atoms. The summed E-state index contributed by atoms with van der Waals surface area (Å²) >= 11 is 0. The van der Waals surface area contributed by atoms with Crippen molar-refractivity contribution in [1.82, 2.24) is 0 Å². The fourth-order valence-corrected chi connectivity index (χ4v) is 3.05. The van der Waals surface area contributed by atoms with Crippen LogP contribution in [0.15, 0.2) is 30.3 Å². The summed E-state index contributed by atoms with van der Waals surface area (Å²) < 4.78 is 31.1. The van der Waals surface area contributed by atoms with Crippen LogP contribution in [0, 0.1) is 5.82 Å². The van der Waals surface area contributed by atoms with E-state index < -0.39 is 0 Å². The first-order valence-electron chi connectivity index (χ1n) is 9.39. The molecule has 2 aromatic rings. The zero-order chi connectivity index (χ0) is 19.4. The number of methoxy groups -OCH3 is 1. The average Bonchev–Trinajstić information content (AvgIpc) is 3.51. The van der Waals surface area contributed by atoms with Gasteiger partial charge < -0.3 is 14.2 Å². The summed E-state index contributed by atoms with van der Waals surface area (Å²) in [5, 5.41) is 0. The average molecular weight is 372 g/mol. The second kappa shape index (κ2) is 8.42. The van der Waals surface area contributed by atoms with Crippen molar-refractivity contribution < 1.29 is 23.4 Å². The van der Waals surface area contributed by atoms with Gasteiger partial charge in [-0.3, -0.25) is 4.79 Å². The Morgan fingerprint density at radius 1 is 1.15 bits per heavy atom. The molecule has 0 unspecified atom stereocenters. The van der Waals surface area contributed by atoms with Crippen molar-refractivity contribution in [3.63, 3.8) is 0 Å². The lowest BCUT2D eigenvalue weighted by atomic mass is 10.0. The predicted molar refractivity (Wildman–Crippen MR) is 101 cm³/mol. The highest BCUT2D eigenvalue weighted by molar-refractivity contribution is 5.72. The molecule has 0 amide bonds. The molecule has 2 aromatic carbocycles. The molecule has 1 aliphatic rings. The largest absolute Gasteiger partial charge is 0.496 e. The third kappa shape index (κ3) is 4.41. The van der Waals surface area contributed by atoms with Gasteiger partial charge >= 0.3 is 5.97 Å². The Hall–Kier alpha value is -2.56. The molecule has 3 rings (SSSR count). The van der Waals surface area contributed by atoms with Crippen LogP contribution in [0.25, 0.3) is 0 Å². The number of carbonyl (C=O) groups excluding carboxylic acids is 1. The fraction of sp³-hybridized carbons (Fsp3) is 0.409. The van der Waals surface area contributed by atoms with E-state index in [4.69, 9.17) is 14.2 Å². The van der Waals surface area contributed by atoms with Crippen LogP contribution in [0.1, 0.15) is 55.7 Å². The summed E-state index contributed by atoms with van der Waals surface area (Å²) in [6, 6.07) is 8.63. The summed E-state index contributed by atoms with van der Waals surface area (Å²) in [5.74, 6) is 1.36. The normalized spacial score (nSPS) is 13.3. The van der Waals surface area contributed by atoms with E-state index in [0.29, 0.717) is 40.7 Å². The van der Waals surface area contributed by atoms with Crippen LogP contribution in [-0.2, 0) is 17.8 Å². The highest BCUT2D eigenvalue weighted by atomic mass is 19.1. The summed E-state index contributed by atoms with van der Waals surface area (Å²) in [6.45, 7) is 3.80. The molecule has 0 aromatic heterocycles. The molecule has 0 atom stereocenters. The van der Waals surface area contributed by atoms with Gasteiger partial charge in [0, 0.05) is 12.5 Å². The Balaban J connectivity index is 1.88. The second-order valence-electron chi connectivity index (χ2n) is 6.66. The Kier molecular flexibility index (Phi) is 5.99. The van der Waals surface area contributed by atoms with Crippen molar-refractivity contribution in [2.45, 2.75) is 52.1 Å². The Morgan fingerprint density at radius 2 is 1.89 bits per heavy atom. The molecular formula is C22H25FO4. The maximum Gasteiger partial charge on any atom is 0.310 e. The quantitative estimate of drug-likeness (QED) is 0.474. The molecule has 1 aliphatic carbocycles.